The van der Waals surface area contributed by atoms with Gasteiger partial charge in [0.25, 0.3) is 0 Å². The van der Waals surface area contributed by atoms with Crippen LogP contribution in [-0.2, 0) is 0 Å². The zero-order chi connectivity index (χ0) is 91.1. The van der Waals surface area contributed by atoms with E-state index in [4.69, 9.17) is 53.7 Å². The van der Waals surface area contributed by atoms with Crippen LogP contribution in [0.15, 0.2) is 433 Å². The van der Waals surface area contributed by atoms with Crippen LogP contribution in [-0.4, -0.2) is 54.0 Å². The molecule has 0 bridgehead atoms. The minimum atomic E-state index is 0.463. The number of hydrogen-bond donors (Lipinski definition) is 0. The predicted molar refractivity (Wildman–Crippen MR) is 569 cm³/mol. The van der Waals surface area contributed by atoms with Gasteiger partial charge in [0.2, 0.25) is 0 Å². The van der Waals surface area contributed by atoms with Crippen molar-refractivity contribution in [1.29, 1.82) is 0 Å². The second-order valence-electron chi connectivity index (χ2n) is 35.1. The summed E-state index contributed by atoms with van der Waals surface area (Å²) in [5.41, 5.74) is 22.6. The van der Waals surface area contributed by atoms with E-state index in [-0.39, 0.29) is 0 Å². The van der Waals surface area contributed by atoms with Crippen LogP contribution in [0.4, 0.5) is 0 Å². The van der Waals surface area contributed by atoms with E-state index in [1.807, 2.05) is 205 Å². The first-order valence-electron chi connectivity index (χ1n) is 46.8. The number of aromatic nitrogens is 11. The molecule has 0 amide bonds. The molecular weight excluding hydrogens is 1730 g/mol. The summed E-state index contributed by atoms with van der Waals surface area (Å²) in [4.78, 5) is 44.6. The minimum Gasteiger partial charge on any atom is -0.455 e. The highest BCUT2D eigenvalue weighted by Gasteiger charge is 2.28. The molecule has 0 atom stereocenters. The van der Waals surface area contributed by atoms with Gasteiger partial charge in [0.05, 0.1) is 32.8 Å². The Kier molecular flexibility index (Phi) is 20.4. The molecule has 0 spiro atoms. The lowest BCUT2D eigenvalue weighted by Gasteiger charge is -2.25. The molecule has 18 aromatic carbocycles. The lowest BCUT2D eigenvalue weighted by Crippen LogP contribution is -2.12. The summed E-state index contributed by atoms with van der Waals surface area (Å²) in [5.74, 6) is 5.93. The van der Waals surface area contributed by atoms with E-state index >= 15 is 0 Å². The van der Waals surface area contributed by atoms with Gasteiger partial charge in [-0.1, -0.05) is 359 Å². The molecule has 652 valence electrons. The number of thiophene rings is 2. The second-order valence-corrected chi connectivity index (χ2v) is 37.2. The van der Waals surface area contributed by atoms with Crippen molar-refractivity contribution in [3.8, 4) is 130 Å². The van der Waals surface area contributed by atoms with Crippen molar-refractivity contribution in [2.24, 2.45) is 0 Å². The van der Waals surface area contributed by atoms with Crippen LogP contribution in [0.1, 0.15) is 38.1 Å². The van der Waals surface area contributed by atoms with E-state index in [1.165, 1.54) is 111 Å². The molecule has 0 aliphatic heterocycles. The van der Waals surface area contributed by atoms with E-state index in [2.05, 4.69) is 252 Å². The third-order valence-corrected chi connectivity index (χ3v) is 29.2. The quantitative estimate of drug-likeness (QED) is 0.108. The average Bonchev–Trinajstić information content (AvgIpc) is 1.53. The van der Waals surface area contributed by atoms with Gasteiger partial charge in [0.1, 0.15) is 22.3 Å². The fraction of sp³-hybridized carbons (Fsp3) is 0.0488. The Balaban J connectivity index is 0.000000108. The molecule has 15 heteroatoms. The molecule has 1 aliphatic carbocycles. The maximum atomic E-state index is 6.95. The molecule has 138 heavy (non-hydrogen) atoms. The highest BCUT2D eigenvalue weighted by atomic mass is 32.1. The Morgan fingerprint density at radius 3 is 1.20 bits per heavy atom. The number of hydrogen-bond acceptors (Lipinski definition) is 13. The maximum Gasteiger partial charge on any atom is 0.165 e. The molecule has 0 unspecified atom stereocenters. The van der Waals surface area contributed by atoms with Gasteiger partial charge in [0.15, 0.2) is 52.4 Å². The highest BCUT2D eigenvalue weighted by Crippen LogP contribution is 2.50. The first-order chi connectivity index (χ1) is 68.4. The average molecular weight is 1810 g/mol. The molecule has 1 aliphatic rings. The Labute approximate surface area is 800 Å². The summed E-state index contributed by atoms with van der Waals surface area (Å²) >= 11 is 3.69. The maximum absolute atomic E-state index is 6.95. The van der Waals surface area contributed by atoms with E-state index < -0.39 is 0 Å². The molecule has 9 heterocycles. The summed E-state index contributed by atoms with van der Waals surface area (Å²) in [6.07, 6.45) is 6.24. The third kappa shape index (κ3) is 14.6. The molecule has 28 rings (SSSR count). The van der Waals surface area contributed by atoms with Crippen LogP contribution < -0.4 is 0 Å². The van der Waals surface area contributed by atoms with Gasteiger partial charge in [-0.05, 0) is 114 Å². The molecule has 1 saturated carbocycles. The summed E-state index contributed by atoms with van der Waals surface area (Å²) in [5, 5.41) is 14.5. The van der Waals surface area contributed by atoms with Crippen LogP contribution in [0.2, 0.25) is 0 Å². The molecule has 27 aromatic rings. The van der Waals surface area contributed by atoms with Crippen LogP contribution in [0.25, 0.3) is 258 Å². The smallest absolute Gasteiger partial charge is 0.165 e. The Bertz CT molecular complexity index is 9210. The number of para-hydroxylation sites is 4. The van der Waals surface area contributed by atoms with Gasteiger partial charge in [-0.3, -0.25) is 0 Å². The van der Waals surface area contributed by atoms with Crippen molar-refractivity contribution >= 4 is 151 Å². The van der Waals surface area contributed by atoms with Gasteiger partial charge >= 0.3 is 0 Å². The fourth-order valence-electron chi connectivity index (χ4n) is 20.3. The highest BCUT2D eigenvalue weighted by molar-refractivity contribution is 7.30. The first-order valence-corrected chi connectivity index (χ1v) is 48.4. The normalized spacial score (nSPS) is 12.5. The summed E-state index contributed by atoms with van der Waals surface area (Å²) in [6.45, 7) is 0. The van der Waals surface area contributed by atoms with E-state index in [1.54, 1.807) is 0 Å². The monoisotopic (exact) mass is 1810 g/mol. The van der Waals surface area contributed by atoms with Gasteiger partial charge in [-0.15, -0.1) is 22.7 Å². The molecule has 1 fully saturated rings. The van der Waals surface area contributed by atoms with Gasteiger partial charge in [-0.2, -0.15) is 0 Å². The lowest BCUT2D eigenvalue weighted by molar-refractivity contribution is 0.367. The van der Waals surface area contributed by atoms with E-state index in [0.29, 0.717) is 58.5 Å². The van der Waals surface area contributed by atoms with Crippen molar-refractivity contribution in [2.45, 2.75) is 38.1 Å². The zero-order valence-corrected chi connectivity index (χ0v) is 76.2. The summed E-state index contributed by atoms with van der Waals surface area (Å²) in [6, 6.07) is 148. The molecule has 9 aromatic heterocycles. The Hall–Kier alpha value is -17.4. The van der Waals surface area contributed by atoms with Crippen molar-refractivity contribution in [3.05, 3.63) is 425 Å². The molecule has 0 radical (unpaired) electrons. The SMILES string of the molecule is c1ccc(-c2nc(-c3ccccc3)nc(-c3cccc(-c4ccc5c6c7oc8ccccc8c7ccc6n(C6CCCCC6)c5c4)c3)n2)cc1.c1ccc(-c2nc(-c3ccccc3)nc(-c3cccc(-c4cccc5c4oc4c5ccc5c4c4ccccc4n5-c4ccccc4)c3)n2)cc1.c1ccc(-c2nc(-c3ccccc3)nc(-c3cccc4c3sc3ccc5c6ccccc6sc5c34)n2)cc1. The number of furan rings is 2. The predicted octanol–water partition coefficient (Wildman–Crippen LogP) is 33.2. The van der Waals surface area contributed by atoms with Gasteiger partial charge in [-0.25, -0.2) is 44.9 Å². The largest absolute Gasteiger partial charge is 0.455 e. The Morgan fingerprint density at radius 2 is 0.609 bits per heavy atom. The standard InChI is InChI=1S/C45H28N4O.C45H34N4O.C33H19N3S2/c1-4-14-29(15-5-1)43-46-44(30-16-6-2-7-17-30)48-45(47-43)32-19-12-18-31(28-32)34-23-13-24-35-36-26-27-39-40(42(36)50-41(34)35)37-22-10-11-25-38(37)49(39)33-20-8-3-9-21-33;1-4-13-29(14-5-1)43-46-44(30-15-6-2-7-16-30)48-45(47-43)33-18-12-17-31(27-33)32-23-24-37-39(28-32)49(34-19-8-3-9-20-34)38-26-25-36-35-21-10-11-22-40(35)50-42(36)41(37)38;1-3-10-20(11-4-1)31-34-32(21-12-5-2-6-13-21)36-33(35-31)25-16-9-15-24-28-27(38-29(24)25)19-18-23-22-14-7-8-17-26(22)37-30(23)28/h1-28H;1-2,4-7,10-18,21-28,34H,3,8-9,19-20H2;1-19H. The van der Waals surface area contributed by atoms with Crippen molar-refractivity contribution in [2.75, 3.05) is 0 Å². The minimum absolute atomic E-state index is 0.463. The van der Waals surface area contributed by atoms with E-state index in [9.17, 15) is 0 Å². The van der Waals surface area contributed by atoms with Crippen LogP contribution in [0.5, 0.6) is 0 Å². The Morgan fingerprint density at radius 1 is 0.217 bits per heavy atom. The number of rotatable bonds is 13. The van der Waals surface area contributed by atoms with Crippen molar-refractivity contribution in [3.63, 3.8) is 0 Å². The zero-order valence-electron chi connectivity index (χ0n) is 74.6. The van der Waals surface area contributed by atoms with Crippen molar-refractivity contribution < 1.29 is 8.83 Å². The summed E-state index contributed by atoms with van der Waals surface area (Å²) in [7, 11) is 0. The van der Waals surface area contributed by atoms with Crippen LogP contribution in [0.3, 0.4) is 0 Å². The molecule has 13 nitrogen and oxygen atoms in total. The molecule has 0 saturated heterocycles. The molecule has 0 N–H and O–H groups in total. The van der Waals surface area contributed by atoms with Crippen LogP contribution in [0, 0.1) is 0 Å². The second kappa shape index (κ2) is 34.6. The fourth-order valence-corrected chi connectivity index (χ4v) is 22.9. The van der Waals surface area contributed by atoms with Gasteiger partial charge in [0, 0.05) is 140 Å². The third-order valence-electron chi connectivity index (χ3n) is 26.8. The summed E-state index contributed by atoms with van der Waals surface area (Å²) < 4.78 is 23.7. The van der Waals surface area contributed by atoms with Gasteiger partial charge < -0.3 is 18.0 Å². The van der Waals surface area contributed by atoms with Crippen molar-refractivity contribution in [1.82, 2.24) is 54.0 Å². The topological polar surface area (TPSA) is 152 Å². The van der Waals surface area contributed by atoms with E-state index in [0.717, 1.165) is 127 Å². The molecular formula is C123H81N11O2S2. The number of benzene rings is 18. The number of nitrogens with zero attached hydrogens (tertiary/aromatic N) is 11. The first kappa shape index (κ1) is 81.4. The van der Waals surface area contributed by atoms with Crippen LogP contribution >= 0.6 is 22.7 Å². The lowest BCUT2D eigenvalue weighted by atomic mass is 9.95. The number of fused-ring (bicyclic) bond motifs is 21.